The number of methoxy groups -OCH3 is 2. The molecule has 0 aliphatic heterocycles. The molecule has 2 nitrogen and oxygen atoms in total. The van der Waals surface area contributed by atoms with E-state index in [2.05, 4.69) is 77.9 Å². The Morgan fingerprint density at radius 2 is 0.886 bits per heavy atom. The number of rotatable bonds is 2. The summed E-state index contributed by atoms with van der Waals surface area (Å²) in [5, 5.41) is 0. The summed E-state index contributed by atoms with van der Waals surface area (Å²) in [7, 11) is 3.58. The Labute approximate surface area is 211 Å². The van der Waals surface area contributed by atoms with Crippen molar-refractivity contribution in [2.45, 2.75) is 84.5 Å². The van der Waals surface area contributed by atoms with Crippen LogP contribution >= 0.6 is 0 Å². The number of benzene rings is 3. The zero-order chi connectivity index (χ0) is 25.1. The van der Waals surface area contributed by atoms with Gasteiger partial charge in [-0.2, -0.15) is 0 Å². The molecule has 3 aromatic rings. The summed E-state index contributed by atoms with van der Waals surface area (Å²) in [5.74, 6) is 1.96. The molecule has 0 heterocycles. The number of fused-ring (bicyclic) bond motifs is 5. The summed E-state index contributed by atoms with van der Waals surface area (Å²) in [6, 6.07) is 14.4. The molecular formula is C33H40O2. The number of hydrogen-bond acceptors (Lipinski definition) is 2. The van der Waals surface area contributed by atoms with Gasteiger partial charge in [0, 0.05) is 0 Å². The molecule has 0 amide bonds. The lowest BCUT2D eigenvalue weighted by Gasteiger charge is -2.24. The van der Waals surface area contributed by atoms with E-state index in [9.17, 15) is 0 Å². The van der Waals surface area contributed by atoms with Crippen LogP contribution in [0.3, 0.4) is 0 Å². The van der Waals surface area contributed by atoms with E-state index in [0.717, 1.165) is 43.6 Å². The van der Waals surface area contributed by atoms with Crippen molar-refractivity contribution in [2.75, 3.05) is 14.2 Å². The monoisotopic (exact) mass is 468 g/mol. The van der Waals surface area contributed by atoms with Gasteiger partial charge in [-0.1, -0.05) is 65.8 Å². The molecule has 3 aromatic carbocycles. The lowest BCUT2D eigenvalue weighted by molar-refractivity contribution is 0.394. The van der Waals surface area contributed by atoms with Crippen LogP contribution in [0.25, 0.3) is 11.1 Å². The molecule has 0 unspecified atom stereocenters. The van der Waals surface area contributed by atoms with Gasteiger partial charge in [-0.3, -0.25) is 0 Å². The first-order valence-electron chi connectivity index (χ1n) is 13.1. The maximum absolute atomic E-state index is 5.86. The van der Waals surface area contributed by atoms with Crippen molar-refractivity contribution in [2.24, 2.45) is 0 Å². The normalized spacial score (nSPS) is 14.9. The lowest BCUT2D eigenvalue weighted by atomic mass is 9.81. The second kappa shape index (κ2) is 8.43. The number of hydrogen-bond donors (Lipinski definition) is 0. The third-order valence-electron chi connectivity index (χ3n) is 8.07. The minimum atomic E-state index is 0.102. The van der Waals surface area contributed by atoms with Crippen molar-refractivity contribution in [3.05, 3.63) is 80.9 Å². The van der Waals surface area contributed by atoms with Crippen molar-refractivity contribution in [3.63, 3.8) is 0 Å². The van der Waals surface area contributed by atoms with Crippen molar-refractivity contribution in [3.8, 4) is 22.6 Å². The molecule has 0 N–H and O–H groups in total. The molecule has 0 aromatic heterocycles. The van der Waals surface area contributed by atoms with Gasteiger partial charge in [0.2, 0.25) is 0 Å². The zero-order valence-electron chi connectivity index (χ0n) is 22.8. The Kier molecular flexibility index (Phi) is 5.78. The van der Waals surface area contributed by atoms with Crippen LogP contribution in [0.4, 0.5) is 0 Å². The Bertz CT molecular complexity index is 1200. The fourth-order valence-corrected chi connectivity index (χ4v) is 5.80. The first-order valence-corrected chi connectivity index (χ1v) is 13.1. The minimum Gasteiger partial charge on any atom is -0.496 e. The van der Waals surface area contributed by atoms with Crippen LogP contribution in [0.15, 0.2) is 36.4 Å². The molecule has 0 spiro atoms. The Morgan fingerprint density at radius 3 is 1.23 bits per heavy atom. The van der Waals surface area contributed by atoms with E-state index >= 15 is 0 Å². The van der Waals surface area contributed by atoms with Gasteiger partial charge in [0.25, 0.3) is 0 Å². The molecule has 3 aliphatic rings. The first kappa shape index (κ1) is 24.0. The number of aryl methyl sites for hydroxylation is 4. The van der Waals surface area contributed by atoms with E-state index < -0.39 is 0 Å². The summed E-state index contributed by atoms with van der Waals surface area (Å²) < 4.78 is 11.7. The highest BCUT2D eigenvalue weighted by Gasteiger charge is 2.29. The first-order chi connectivity index (χ1) is 16.5. The number of ether oxygens (including phenoxy) is 2. The molecule has 0 saturated carbocycles. The molecule has 6 rings (SSSR count). The standard InChI is InChI=1S/C33H40O2/c1-32(2,3)24-13-20-9-11-22-15-31(35-8)23(16-30(22)34-7)12-10-21-14-25(33(4,5)6)18-29-27(21)19-26(20)28(29)17-24/h13-18H,9-12,19H2,1-8H3. The summed E-state index contributed by atoms with van der Waals surface area (Å²) in [6.45, 7) is 14.0. The Morgan fingerprint density at radius 1 is 0.514 bits per heavy atom. The van der Waals surface area contributed by atoms with Crippen LogP contribution in [-0.2, 0) is 42.9 Å². The summed E-state index contributed by atoms with van der Waals surface area (Å²) >= 11 is 0. The van der Waals surface area contributed by atoms with Crippen LogP contribution in [0.5, 0.6) is 11.5 Å². The smallest absolute Gasteiger partial charge is 0.122 e. The van der Waals surface area contributed by atoms with E-state index in [1.165, 1.54) is 55.6 Å². The van der Waals surface area contributed by atoms with Gasteiger partial charge >= 0.3 is 0 Å². The van der Waals surface area contributed by atoms with Crippen molar-refractivity contribution in [1.29, 1.82) is 0 Å². The van der Waals surface area contributed by atoms with Gasteiger partial charge < -0.3 is 9.47 Å². The van der Waals surface area contributed by atoms with Crippen molar-refractivity contribution >= 4 is 0 Å². The zero-order valence-corrected chi connectivity index (χ0v) is 22.8. The van der Waals surface area contributed by atoms with Crippen LogP contribution in [0.1, 0.15) is 86.1 Å². The highest BCUT2D eigenvalue weighted by molar-refractivity contribution is 5.81. The van der Waals surface area contributed by atoms with E-state index in [4.69, 9.17) is 9.47 Å². The van der Waals surface area contributed by atoms with Crippen molar-refractivity contribution < 1.29 is 9.47 Å². The minimum absolute atomic E-state index is 0.102. The predicted molar refractivity (Wildman–Crippen MR) is 146 cm³/mol. The van der Waals surface area contributed by atoms with Gasteiger partial charge in [0.1, 0.15) is 11.5 Å². The quantitative estimate of drug-likeness (QED) is 0.299. The third kappa shape index (κ3) is 4.26. The van der Waals surface area contributed by atoms with E-state index in [1.54, 1.807) is 14.2 Å². The highest BCUT2D eigenvalue weighted by atomic mass is 16.5. The van der Waals surface area contributed by atoms with Gasteiger partial charge in [0.15, 0.2) is 0 Å². The second-order valence-corrected chi connectivity index (χ2v) is 12.5. The van der Waals surface area contributed by atoms with Crippen molar-refractivity contribution in [1.82, 2.24) is 0 Å². The topological polar surface area (TPSA) is 18.5 Å². The average Bonchev–Trinajstić information content (AvgIpc) is 3.18. The fourth-order valence-electron chi connectivity index (χ4n) is 5.80. The molecule has 0 saturated heterocycles. The summed E-state index contributed by atoms with van der Waals surface area (Å²) in [6.07, 6.45) is 4.93. The molecule has 184 valence electrons. The van der Waals surface area contributed by atoms with Crippen LogP contribution in [-0.4, -0.2) is 14.2 Å². The molecular weight excluding hydrogens is 428 g/mol. The van der Waals surface area contributed by atoms with Gasteiger partial charge in [-0.15, -0.1) is 0 Å². The average molecular weight is 469 g/mol. The van der Waals surface area contributed by atoms with Crippen LogP contribution in [0, 0.1) is 0 Å². The molecule has 35 heavy (non-hydrogen) atoms. The second-order valence-electron chi connectivity index (χ2n) is 12.5. The molecule has 0 atom stereocenters. The SMILES string of the molecule is COc1cc2c(OC)cc1CCc1cc(C(C)(C)C)cc3c1Cc1c(cc(C(C)(C)C)cc1-3)CC2. The van der Waals surface area contributed by atoms with E-state index in [1.807, 2.05) is 0 Å². The molecule has 4 bridgehead atoms. The van der Waals surface area contributed by atoms with Gasteiger partial charge in [0.05, 0.1) is 14.2 Å². The Hall–Kier alpha value is -2.74. The maximum atomic E-state index is 5.86. The van der Waals surface area contributed by atoms with Gasteiger partial charge in [-0.25, -0.2) is 0 Å². The molecule has 3 aliphatic carbocycles. The summed E-state index contributed by atoms with van der Waals surface area (Å²) in [5.41, 5.74) is 14.5. The van der Waals surface area contributed by atoms with E-state index in [-0.39, 0.29) is 10.8 Å². The van der Waals surface area contributed by atoms with Crippen LogP contribution < -0.4 is 9.47 Å². The lowest BCUT2D eigenvalue weighted by Crippen LogP contribution is -2.13. The predicted octanol–water partition coefficient (Wildman–Crippen LogP) is 7.75. The Balaban J connectivity index is 1.79. The maximum Gasteiger partial charge on any atom is 0.122 e. The largest absolute Gasteiger partial charge is 0.496 e. The van der Waals surface area contributed by atoms with Gasteiger partial charge in [-0.05, 0) is 111 Å². The third-order valence-corrected chi connectivity index (χ3v) is 8.07. The van der Waals surface area contributed by atoms with E-state index in [0.29, 0.717) is 0 Å². The fraction of sp³-hybridized carbons (Fsp3) is 0.455. The summed E-state index contributed by atoms with van der Waals surface area (Å²) in [4.78, 5) is 0. The molecule has 2 heteroatoms. The molecule has 0 radical (unpaired) electrons. The highest BCUT2D eigenvalue weighted by Crippen LogP contribution is 2.45. The van der Waals surface area contributed by atoms with Crippen LogP contribution in [0.2, 0.25) is 0 Å². The molecule has 0 fully saturated rings.